The van der Waals surface area contributed by atoms with Gasteiger partial charge in [0.05, 0.1) is 11.9 Å². The highest BCUT2D eigenvalue weighted by Gasteiger charge is 2.09. The van der Waals surface area contributed by atoms with Gasteiger partial charge in [-0.1, -0.05) is 6.08 Å². The van der Waals surface area contributed by atoms with Crippen molar-refractivity contribution in [2.24, 2.45) is 0 Å². The van der Waals surface area contributed by atoms with Crippen molar-refractivity contribution in [3.05, 3.63) is 36.7 Å². The van der Waals surface area contributed by atoms with Gasteiger partial charge in [-0.25, -0.2) is 4.98 Å². The normalized spacial score (nSPS) is 11.1. The molecule has 0 aliphatic carbocycles. The molecule has 1 atom stereocenters. The fourth-order valence-electron chi connectivity index (χ4n) is 1.15. The average molecular weight is 242 g/mol. The Balaban J connectivity index is 0.00000225. The maximum atomic E-state index is 11.6. The fraction of sp³-hybridized carbons (Fsp3) is 0.273. The number of carbonyl (C=O) groups is 1. The molecule has 5 heteroatoms. The molecule has 0 aliphatic heterocycles. The minimum absolute atomic E-state index is 0. The standard InChI is InChI=1S/C11H15N3O.ClH/c1-3-4-8(2)14-11(15)10-6-5-9(12)7-13-10;/h3,5-8H,1,4,12H2,2H3,(H,14,15);1H. The monoisotopic (exact) mass is 241 g/mol. The highest BCUT2D eigenvalue weighted by Crippen LogP contribution is 2.02. The molecule has 1 aromatic rings. The topological polar surface area (TPSA) is 68.0 Å². The molecule has 0 fully saturated rings. The van der Waals surface area contributed by atoms with Crippen molar-refractivity contribution in [2.45, 2.75) is 19.4 Å². The summed E-state index contributed by atoms with van der Waals surface area (Å²) in [5, 5.41) is 2.80. The van der Waals surface area contributed by atoms with Gasteiger partial charge in [0, 0.05) is 6.04 Å². The van der Waals surface area contributed by atoms with E-state index in [9.17, 15) is 4.79 Å². The summed E-state index contributed by atoms with van der Waals surface area (Å²) in [5.41, 5.74) is 6.39. The summed E-state index contributed by atoms with van der Waals surface area (Å²) in [6, 6.07) is 3.32. The predicted octanol–water partition coefficient (Wildman–Crippen LogP) is 1.78. The zero-order chi connectivity index (χ0) is 11.3. The number of nitrogens with one attached hydrogen (secondary N) is 1. The molecule has 1 heterocycles. The Kier molecular flexibility index (Phi) is 6.18. The Labute approximate surface area is 101 Å². The van der Waals surface area contributed by atoms with E-state index in [-0.39, 0.29) is 24.4 Å². The van der Waals surface area contributed by atoms with Crippen molar-refractivity contribution in [2.75, 3.05) is 5.73 Å². The first kappa shape index (κ1) is 14.5. The molecule has 3 N–H and O–H groups in total. The molecule has 0 radical (unpaired) electrons. The molecule has 4 nitrogen and oxygen atoms in total. The number of anilines is 1. The summed E-state index contributed by atoms with van der Waals surface area (Å²) in [7, 11) is 0. The maximum Gasteiger partial charge on any atom is 0.270 e. The molecular formula is C11H16ClN3O. The number of amides is 1. The molecule has 1 aromatic heterocycles. The molecule has 0 bridgehead atoms. The van der Waals surface area contributed by atoms with Crippen LogP contribution in [0.5, 0.6) is 0 Å². The van der Waals surface area contributed by atoms with Crippen LogP contribution in [-0.4, -0.2) is 16.9 Å². The Hall–Kier alpha value is -1.55. The Morgan fingerprint density at radius 3 is 2.88 bits per heavy atom. The van der Waals surface area contributed by atoms with E-state index >= 15 is 0 Å². The van der Waals surface area contributed by atoms with Crippen LogP contribution in [0.2, 0.25) is 0 Å². The van der Waals surface area contributed by atoms with E-state index in [1.807, 2.05) is 6.92 Å². The zero-order valence-electron chi connectivity index (χ0n) is 9.14. The number of nitrogens with zero attached hydrogens (tertiary/aromatic N) is 1. The summed E-state index contributed by atoms with van der Waals surface area (Å²) >= 11 is 0. The van der Waals surface area contributed by atoms with E-state index in [0.29, 0.717) is 11.4 Å². The molecular weight excluding hydrogens is 226 g/mol. The summed E-state index contributed by atoms with van der Waals surface area (Å²) in [4.78, 5) is 15.5. The van der Waals surface area contributed by atoms with Gasteiger partial charge >= 0.3 is 0 Å². The molecule has 0 aliphatic rings. The SMILES string of the molecule is C=CCC(C)NC(=O)c1ccc(N)cn1.Cl. The second-order valence-electron chi connectivity index (χ2n) is 3.38. The van der Waals surface area contributed by atoms with Crippen LogP contribution in [0.25, 0.3) is 0 Å². The molecule has 88 valence electrons. The number of pyridine rings is 1. The van der Waals surface area contributed by atoms with Crippen LogP contribution >= 0.6 is 12.4 Å². The lowest BCUT2D eigenvalue weighted by Gasteiger charge is -2.10. The van der Waals surface area contributed by atoms with Crippen molar-refractivity contribution in [1.82, 2.24) is 10.3 Å². The molecule has 1 rings (SSSR count). The van der Waals surface area contributed by atoms with Crippen LogP contribution in [0.4, 0.5) is 5.69 Å². The number of carbonyl (C=O) groups excluding carboxylic acids is 1. The number of aromatic nitrogens is 1. The number of nitrogen functional groups attached to an aromatic ring is 1. The number of hydrogen-bond acceptors (Lipinski definition) is 3. The second-order valence-corrected chi connectivity index (χ2v) is 3.38. The lowest BCUT2D eigenvalue weighted by molar-refractivity contribution is 0.0935. The largest absolute Gasteiger partial charge is 0.397 e. The van der Waals surface area contributed by atoms with Crippen LogP contribution < -0.4 is 11.1 Å². The Morgan fingerprint density at radius 1 is 1.69 bits per heavy atom. The highest BCUT2D eigenvalue weighted by molar-refractivity contribution is 5.92. The second kappa shape index (κ2) is 6.85. The van der Waals surface area contributed by atoms with Crippen LogP contribution in [0, 0.1) is 0 Å². The van der Waals surface area contributed by atoms with Gasteiger partial charge in [-0.15, -0.1) is 19.0 Å². The summed E-state index contributed by atoms with van der Waals surface area (Å²) in [6.45, 7) is 5.52. The number of halogens is 1. The molecule has 0 aromatic carbocycles. The van der Waals surface area contributed by atoms with Gasteiger partial charge in [-0.2, -0.15) is 0 Å². The van der Waals surface area contributed by atoms with Crippen molar-refractivity contribution in [3.63, 3.8) is 0 Å². The highest BCUT2D eigenvalue weighted by atomic mass is 35.5. The number of nitrogens with two attached hydrogens (primary N) is 1. The minimum atomic E-state index is -0.190. The number of rotatable bonds is 4. The van der Waals surface area contributed by atoms with Crippen molar-refractivity contribution in [3.8, 4) is 0 Å². The van der Waals surface area contributed by atoms with E-state index in [1.165, 1.54) is 6.20 Å². The summed E-state index contributed by atoms with van der Waals surface area (Å²) in [5.74, 6) is -0.190. The van der Waals surface area contributed by atoms with E-state index in [2.05, 4.69) is 16.9 Å². The first-order valence-corrected chi connectivity index (χ1v) is 4.76. The number of hydrogen-bond donors (Lipinski definition) is 2. The molecule has 0 saturated heterocycles. The van der Waals surface area contributed by atoms with E-state index in [4.69, 9.17) is 5.73 Å². The van der Waals surface area contributed by atoms with E-state index in [1.54, 1.807) is 18.2 Å². The third kappa shape index (κ3) is 4.31. The van der Waals surface area contributed by atoms with Gasteiger partial charge in [-0.3, -0.25) is 4.79 Å². The van der Waals surface area contributed by atoms with Gasteiger partial charge < -0.3 is 11.1 Å². The van der Waals surface area contributed by atoms with Crippen molar-refractivity contribution < 1.29 is 4.79 Å². The van der Waals surface area contributed by atoms with Gasteiger partial charge in [0.1, 0.15) is 5.69 Å². The van der Waals surface area contributed by atoms with Crippen LogP contribution in [0.15, 0.2) is 31.0 Å². The molecule has 0 spiro atoms. The van der Waals surface area contributed by atoms with Crippen LogP contribution in [-0.2, 0) is 0 Å². The Bertz CT molecular complexity index is 351. The van der Waals surface area contributed by atoms with Crippen LogP contribution in [0.1, 0.15) is 23.8 Å². The molecule has 1 unspecified atom stereocenters. The lowest BCUT2D eigenvalue weighted by atomic mass is 10.2. The molecule has 1 amide bonds. The zero-order valence-corrected chi connectivity index (χ0v) is 9.96. The van der Waals surface area contributed by atoms with Crippen molar-refractivity contribution >= 4 is 24.0 Å². The first-order chi connectivity index (χ1) is 7.13. The van der Waals surface area contributed by atoms with Gasteiger partial charge in [0.15, 0.2) is 0 Å². The molecule has 16 heavy (non-hydrogen) atoms. The predicted molar refractivity (Wildman–Crippen MR) is 67.6 cm³/mol. The minimum Gasteiger partial charge on any atom is -0.397 e. The van der Waals surface area contributed by atoms with Crippen LogP contribution in [0.3, 0.4) is 0 Å². The lowest BCUT2D eigenvalue weighted by Crippen LogP contribution is -2.32. The Morgan fingerprint density at radius 2 is 2.38 bits per heavy atom. The van der Waals surface area contributed by atoms with Gasteiger partial charge in [0.25, 0.3) is 5.91 Å². The summed E-state index contributed by atoms with van der Waals surface area (Å²) in [6.07, 6.45) is 3.97. The smallest absolute Gasteiger partial charge is 0.270 e. The van der Waals surface area contributed by atoms with Crippen molar-refractivity contribution in [1.29, 1.82) is 0 Å². The van der Waals surface area contributed by atoms with Gasteiger partial charge in [-0.05, 0) is 25.5 Å². The third-order valence-corrected chi connectivity index (χ3v) is 1.92. The van der Waals surface area contributed by atoms with Gasteiger partial charge in [0.2, 0.25) is 0 Å². The average Bonchev–Trinajstić information content (AvgIpc) is 2.18. The summed E-state index contributed by atoms with van der Waals surface area (Å²) < 4.78 is 0. The quantitative estimate of drug-likeness (QED) is 0.790. The van der Waals surface area contributed by atoms with E-state index in [0.717, 1.165) is 6.42 Å². The van der Waals surface area contributed by atoms with E-state index < -0.39 is 0 Å². The first-order valence-electron chi connectivity index (χ1n) is 4.76. The third-order valence-electron chi connectivity index (χ3n) is 1.92. The fourth-order valence-corrected chi connectivity index (χ4v) is 1.15. The molecule has 0 saturated carbocycles. The maximum absolute atomic E-state index is 11.6.